The fourth-order valence-corrected chi connectivity index (χ4v) is 1.58. The average Bonchev–Trinajstić information content (AvgIpc) is 2.30. The fraction of sp³-hybridized carbons (Fsp3) is 0.700. The highest BCUT2D eigenvalue weighted by Crippen LogP contribution is 2.17. The molecule has 0 fully saturated rings. The number of carbonyl (C=O) groups excluding carboxylic acids is 1. The van der Waals surface area contributed by atoms with Gasteiger partial charge in [-0.3, -0.25) is 4.79 Å². The maximum Gasteiger partial charge on any atom is 0.223 e. The molecule has 15 heavy (non-hydrogen) atoms. The van der Waals surface area contributed by atoms with Gasteiger partial charge in [0.15, 0.2) is 0 Å². The Bertz CT molecular complexity index is 281. The SMILES string of the molecule is [N-]=[N+]=NCCCNC(=O)C1CC=CCC1. The van der Waals surface area contributed by atoms with Crippen LogP contribution < -0.4 is 5.32 Å². The molecule has 5 nitrogen and oxygen atoms in total. The first-order valence-electron chi connectivity index (χ1n) is 5.28. The number of nitrogens with one attached hydrogen (secondary N) is 1. The third kappa shape index (κ3) is 4.51. The van der Waals surface area contributed by atoms with E-state index >= 15 is 0 Å². The first-order chi connectivity index (χ1) is 7.34. The molecule has 1 N–H and O–H groups in total. The predicted octanol–water partition coefficient (Wildman–Crippen LogP) is 2.16. The van der Waals surface area contributed by atoms with Crippen LogP contribution >= 0.6 is 0 Å². The van der Waals surface area contributed by atoms with E-state index in [-0.39, 0.29) is 11.8 Å². The van der Waals surface area contributed by atoms with Crippen LogP contribution in [-0.4, -0.2) is 19.0 Å². The molecule has 0 heterocycles. The molecule has 0 saturated carbocycles. The number of nitrogens with zero attached hydrogens (tertiary/aromatic N) is 3. The standard InChI is InChI=1S/C10H16N4O/c11-14-13-8-4-7-12-10(15)9-5-2-1-3-6-9/h1-2,9H,3-8H2,(H,12,15). The summed E-state index contributed by atoms with van der Waals surface area (Å²) >= 11 is 0. The van der Waals surface area contributed by atoms with E-state index in [4.69, 9.17) is 5.53 Å². The highest BCUT2D eigenvalue weighted by molar-refractivity contribution is 5.78. The molecule has 0 radical (unpaired) electrons. The van der Waals surface area contributed by atoms with Crippen molar-refractivity contribution in [3.8, 4) is 0 Å². The summed E-state index contributed by atoms with van der Waals surface area (Å²) in [5, 5.41) is 6.25. The van der Waals surface area contributed by atoms with Crippen molar-refractivity contribution in [2.45, 2.75) is 25.7 Å². The minimum Gasteiger partial charge on any atom is -0.356 e. The number of carbonyl (C=O) groups is 1. The summed E-state index contributed by atoms with van der Waals surface area (Å²) in [5.74, 6) is 0.259. The monoisotopic (exact) mass is 208 g/mol. The van der Waals surface area contributed by atoms with E-state index in [1.807, 2.05) is 0 Å². The Morgan fingerprint density at radius 1 is 1.60 bits per heavy atom. The zero-order valence-electron chi connectivity index (χ0n) is 8.72. The summed E-state index contributed by atoms with van der Waals surface area (Å²) in [6.45, 7) is 1.04. The molecule has 0 saturated heterocycles. The number of hydrogen-bond donors (Lipinski definition) is 1. The van der Waals surface area contributed by atoms with Crippen molar-refractivity contribution in [1.29, 1.82) is 0 Å². The number of allylic oxidation sites excluding steroid dienone is 2. The van der Waals surface area contributed by atoms with E-state index < -0.39 is 0 Å². The maximum atomic E-state index is 11.6. The van der Waals surface area contributed by atoms with Gasteiger partial charge in [-0.1, -0.05) is 17.3 Å². The first kappa shape index (κ1) is 11.6. The van der Waals surface area contributed by atoms with Gasteiger partial charge >= 0.3 is 0 Å². The van der Waals surface area contributed by atoms with Crippen molar-refractivity contribution in [1.82, 2.24) is 5.32 Å². The quantitative estimate of drug-likeness (QED) is 0.243. The number of azide groups is 1. The van der Waals surface area contributed by atoms with Gasteiger partial charge in [0.25, 0.3) is 0 Å². The van der Waals surface area contributed by atoms with E-state index in [1.165, 1.54) is 0 Å². The molecule has 0 aromatic rings. The van der Waals surface area contributed by atoms with E-state index in [0.717, 1.165) is 19.3 Å². The molecule has 82 valence electrons. The second kappa shape index (κ2) is 6.90. The molecule has 1 rings (SSSR count). The van der Waals surface area contributed by atoms with Crippen molar-refractivity contribution in [3.05, 3.63) is 22.6 Å². The van der Waals surface area contributed by atoms with Gasteiger partial charge in [0.1, 0.15) is 0 Å². The van der Waals surface area contributed by atoms with Crippen molar-refractivity contribution in [2.75, 3.05) is 13.1 Å². The van der Waals surface area contributed by atoms with Crippen molar-refractivity contribution >= 4 is 5.91 Å². The second-order valence-electron chi connectivity index (χ2n) is 3.58. The Balaban J connectivity index is 2.12. The molecule has 1 amide bonds. The molecular formula is C10H16N4O. The number of hydrogen-bond acceptors (Lipinski definition) is 2. The van der Waals surface area contributed by atoms with Gasteiger partial charge < -0.3 is 5.32 Å². The largest absolute Gasteiger partial charge is 0.356 e. The van der Waals surface area contributed by atoms with Crippen LogP contribution in [0.3, 0.4) is 0 Å². The van der Waals surface area contributed by atoms with Gasteiger partial charge in [-0.25, -0.2) is 0 Å². The third-order valence-electron chi connectivity index (χ3n) is 2.44. The highest BCUT2D eigenvalue weighted by atomic mass is 16.1. The first-order valence-corrected chi connectivity index (χ1v) is 5.28. The number of amides is 1. The fourth-order valence-electron chi connectivity index (χ4n) is 1.58. The Labute approximate surface area is 89.2 Å². The van der Waals surface area contributed by atoms with Crippen LogP contribution in [0.4, 0.5) is 0 Å². The Morgan fingerprint density at radius 3 is 3.13 bits per heavy atom. The summed E-state index contributed by atoms with van der Waals surface area (Å²) < 4.78 is 0. The van der Waals surface area contributed by atoms with Crippen molar-refractivity contribution in [3.63, 3.8) is 0 Å². The van der Waals surface area contributed by atoms with Crippen LogP contribution in [0, 0.1) is 5.92 Å². The Hall–Kier alpha value is -1.48. The van der Waals surface area contributed by atoms with Gasteiger partial charge in [-0.15, -0.1) is 0 Å². The zero-order valence-corrected chi connectivity index (χ0v) is 8.72. The minimum absolute atomic E-state index is 0.125. The molecule has 5 heteroatoms. The number of rotatable bonds is 5. The molecule has 1 aliphatic rings. The van der Waals surface area contributed by atoms with Crippen LogP contribution in [-0.2, 0) is 4.79 Å². The van der Waals surface area contributed by atoms with Gasteiger partial charge in [-0.05, 0) is 31.2 Å². The van der Waals surface area contributed by atoms with Crippen molar-refractivity contribution in [2.24, 2.45) is 11.0 Å². The lowest BCUT2D eigenvalue weighted by Crippen LogP contribution is -2.32. The van der Waals surface area contributed by atoms with Gasteiger partial charge in [0.05, 0.1) is 0 Å². The third-order valence-corrected chi connectivity index (χ3v) is 2.44. The highest BCUT2D eigenvalue weighted by Gasteiger charge is 2.17. The lowest BCUT2D eigenvalue weighted by molar-refractivity contribution is -0.125. The minimum atomic E-state index is 0.125. The van der Waals surface area contributed by atoms with Crippen molar-refractivity contribution < 1.29 is 4.79 Å². The van der Waals surface area contributed by atoms with Crippen LogP contribution in [0.2, 0.25) is 0 Å². The van der Waals surface area contributed by atoms with Gasteiger partial charge in [0.2, 0.25) is 5.91 Å². The Morgan fingerprint density at radius 2 is 2.47 bits per heavy atom. The molecular weight excluding hydrogens is 192 g/mol. The van der Waals surface area contributed by atoms with E-state index in [1.54, 1.807) is 0 Å². The molecule has 0 spiro atoms. The summed E-state index contributed by atoms with van der Waals surface area (Å²) in [6.07, 6.45) is 7.68. The summed E-state index contributed by atoms with van der Waals surface area (Å²) in [6, 6.07) is 0. The molecule has 0 aromatic heterocycles. The normalized spacial score (nSPS) is 19.3. The topological polar surface area (TPSA) is 77.9 Å². The summed E-state index contributed by atoms with van der Waals surface area (Å²) in [7, 11) is 0. The van der Waals surface area contributed by atoms with E-state index in [2.05, 4.69) is 27.5 Å². The molecule has 0 bridgehead atoms. The predicted molar refractivity (Wildman–Crippen MR) is 58.1 cm³/mol. The smallest absolute Gasteiger partial charge is 0.223 e. The zero-order chi connectivity index (χ0) is 10.9. The van der Waals surface area contributed by atoms with E-state index in [0.29, 0.717) is 19.5 Å². The van der Waals surface area contributed by atoms with Crippen LogP contribution in [0.25, 0.3) is 10.4 Å². The molecule has 1 unspecified atom stereocenters. The molecule has 1 atom stereocenters. The van der Waals surface area contributed by atoms with Crippen LogP contribution in [0.5, 0.6) is 0 Å². The maximum absolute atomic E-state index is 11.6. The van der Waals surface area contributed by atoms with Crippen LogP contribution in [0.15, 0.2) is 17.3 Å². The summed E-state index contributed by atoms with van der Waals surface area (Å²) in [5.41, 5.74) is 8.04. The molecule has 1 aliphatic carbocycles. The molecule has 0 aromatic carbocycles. The van der Waals surface area contributed by atoms with E-state index in [9.17, 15) is 4.79 Å². The lowest BCUT2D eigenvalue weighted by atomic mass is 9.94. The lowest BCUT2D eigenvalue weighted by Gasteiger charge is -2.16. The second-order valence-corrected chi connectivity index (χ2v) is 3.58. The Kier molecular flexibility index (Phi) is 5.33. The average molecular weight is 208 g/mol. The molecule has 0 aliphatic heterocycles. The summed E-state index contributed by atoms with van der Waals surface area (Å²) in [4.78, 5) is 14.2. The van der Waals surface area contributed by atoms with Crippen LogP contribution in [0.1, 0.15) is 25.7 Å². The van der Waals surface area contributed by atoms with Gasteiger partial charge in [0, 0.05) is 23.9 Å². The van der Waals surface area contributed by atoms with Gasteiger partial charge in [-0.2, -0.15) is 0 Å².